The predicted octanol–water partition coefficient (Wildman–Crippen LogP) is 3.15. The van der Waals surface area contributed by atoms with Gasteiger partial charge in [0.05, 0.1) is 30.1 Å². The maximum atomic E-state index is 14.4. The molecule has 3 saturated heterocycles. The largest absolute Gasteiger partial charge is 0.394 e. The monoisotopic (exact) mass is 517 g/mol. The number of ether oxygens (including phenoxy) is 1. The van der Waals surface area contributed by atoms with Gasteiger partial charge in [0, 0.05) is 25.2 Å². The molecule has 3 heterocycles. The summed E-state index contributed by atoms with van der Waals surface area (Å²) in [6, 6.07) is -1.45. The number of nitrogens with zero attached hydrogens (tertiary/aromatic N) is 3. The molecule has 2 unspecified atom stereocenters. The van der Waals surface area contributed by atoms with Crippen molar-refractivity contribution in [3.05, 3.63) is 25.3 Å². The van der Waals surface area contributed by atoms with Crippen LogP contribution in [-0.4, -0.2) is 92.6 Å². The first-order valence-corrected chi connectivity index (χ1v) is 13.9. The minimum absolute atomic E-state index is 0.104. The van der Waals surface area contributed by atoms with Crippen LogP contribution in [-0.2, 0) is 19.1 Å². The van der Waals surface area contributed by atoms with Crippen molar-refractivity contribution >= 4 is 17.7 Å². The highest BCUT2D eigenvalue weighted by atomic mass is 16.5. The smallest absolute Gasteiger partial charge is 0.249 e. The zero-order valence-electron chi connectivity index (χ0n) is 23.7. The molecule has 3 fully saturated rings. The SMILES string of the molecule is C=CCN(CCC)C(=O)[C@H]1[C@H]2C(=O)N([C@@H](CC)CO)C(C(=O)N(CC=C)C(C)(C)C)C23CC[C@]1(CC)O3. The average Bonchev–Trinajstić information content (AvgIpc) is 3.46. The Morgan fingerprint density at radius 1 is 1.16 bits per heavy atom. The van der Waals surface area contributed by atoms with Crippen molar-refractivity contribution in [2.75, 3.05) is 26.2 Å². The standard InChI is InChI=1S/C29H47N3O5/c1-9-16-30(17-10-2)24(34)21-22-25(35)32(20(12-4)19-33)23(26(36)31(18-11-3)27(6,7)8)29(22)15-14-28(21,13-5)37-29/h9,11,20-23,33H,1,3,10,12-19H2,2,4-8H3/t20-,21+,22-,23?,28-,29?/m0/s1. The van der Waals surface area contributed by atoms with Gasteiger partial charge in [0.15, 0.2) is 0 Å². The minimum Gasteiger partial charge on any atom is -0.394 e. The second-order valence-electron chi connectivity index (χ2n) is 11.8. The Labute approximate surface area is 222 Å². The summed E-state index contributed by atoms with van der Waals surface area (Å²) in [5.41, 5.74) is -2.42. The number of aliphatic hydroxyl groups excluding tert-OH is 1. The predicted molar refractivity (Wildman–Crippen MR) is 144 cm³/mol. The number of carbonyl (C=O) groups is 3. The quantitative estimate of drug-likeness (QED) is 0.402. The van der Waals surface area contributed by atoms with Crippen LogP contribution in [0.15, 0.2) is 25.3 Å². The van der Waals surface area contributed by atoms with E-state index < -0.39 is 40.7 Å². The summed E-state index contributed by atoms with van der Waals surface area (Å²) in [5.74, 6) is -2.02. The lowest BCUT2D eigenvalue weighted by molar-refractivity contribution is -0.160. The molecule has 8 nitrogen and oxygen atoms in total. The highest BCUT2D eigenvalue weighted by Crippen LogP contribution is 2.65. The van der Waals surface area contributed by atoms with Crippen molar-refractivity contribution in [3.63, 3.8) is 0 Å². The van der Waals surface area contributed by atoms with E-state index in [4.69, 9.17) is 4.74 Å². The number of hydrogen-bond donors (Lipinski definition) is 1. The number of likely N-dealkylation sites (tertiary alicyclic amines) is 1. The van der Waals surface area contributed by atoms with E-state index in [2.05, 4.69) is 13.2 Å². The molecule has 3 rings (SSSR count). The summed E-state index contributed by atoms with van der Waals surface area (Å²) in [6.07, 6.45) is 6.39. The van der Waals surface area contributed by atoms with Gasteiger partial charge >= 0.3 is 0 Å². The highest BCUT2D eigenvalue weighted by Gasteiger charge is 2.79. The Kier molecular flexibility index (Phi) is 8.64. The molecule has 3 amide bonds. The van der Waals surface area contributed by atoms with Gasteiger partial charge in [0.25, 0.3) is 0 Å². The summed E-state index contributed by atoms with van der Waals surface area (Å²) in [4.78, 5) is 48.0. The first kappa shape index (κ1) is 29.4. The van der Waals surface area contributed by atoms with Crippen LogP contribution in [0.2, 0.25) is 0 Å². The number of rotatable bonds is 12. The molecule has 1 N–H and O–H groups in total. The van der Waals surface area contributed by atoms with Gasteiger partial charge in [-0.3, -0.25) is 14.4 Å². The number of amides is 3. The van der Waals surface area contributed by atoms with E-state index in [0.717, 1.165) is 6.42 Å². The van der Waals surface area contributed by atoms with E-state index in [-0.39, 0.29) is 24.3 Å². The molecule has 37 heavy (non-hydrogen) atoms. The Morgan fingerprint density at radius 3 is 2.30 bits per heavy atom. The Morgan fingerprint density at radius 2 is 1.81 bits per heavy atom. The van der Waals surface area contributed by atoms with Gasteiger partial charge in [-0.2, -0.15) is 0 Å². The van der Waals surface area contributed by atoms with Gasteiger partial charge in [0.1, 0.15) is 11.6 Å². The molecule has 0 aliphatic carbocycles. The van der Waals surface area contributed by atoms with Crippen LogP contribution in [0, 0.1) is 11.8 Å². The van der Waals surface area contributed by atoms with Crippen molar-refractivity contribution in [3.8, 4) is 0 Å². The maximum Gasteiger partial charge on any atom is 0.249 e. The van der Waals surface area contributed by atoms with Crippen LogP contribution in [0.5, 0.6) is 0 Å². The fraction of sp³-hybridized carbons (Fsp3) is 0.759. The molecule has 3 aliphatic rings. The summed E-state index contributed by atoms with van der Waals surface area (Å²) in [6.45, 7) is 20.5. The van der Waals surface area contributed by atoms with Gasteiger partial charge in [0.2, 0.25) is 17.7 Å². The van der Waals surface area contributed by atoms with Gasteiger partial charge in [-0.15, -0.1) is 13.2 Å². The van der Waals surface area contributed by atoms with E-state index >= 15 is 0 Å². The van der Waals surface area contributed by atoms with Crippen molar-refractivity contribution in [1.82, 2.24) is 14.7 Å². The lowest BCUT2D eigenvalue weighted by Gasteiger charge is -2.43. The molecule has 0 aromatic rings. The number of hydrogen-bond acceptors (Lipinski definition) is 5. The maximum absolute atomic E-state index is 14.4. The van der Waals surface area contributed by atoms with Gasteiger partial charge in [-0.05, 0) is 52.9 Å². The molecule has 208 valence electrons. The minimum atomic E-state index is -1.11. The molecule has 0 saturated carbocycles. The lowest BCUT2D eigenvalue weighted by atomic mass is 9.64. The molecule has 0 aromatic carbocycles. The zero-order chi connectivity index (χ0) is 27.8. The fourth-order valence-electron chi connectivity index (χ4n) is 7.00. The van der Waals surface area contributed by atoms with Crippen LogP contribution < -0.4 is 0 Å². The van der Waals surface area contributed by atoms with Crippen LogP contribution in [0.4, 0.5) is 0 Å². The third kappa shape index (κ3) is 4.54. The second-order valence-corrected chi connectivity index (χ2v) is 11.8. The molecule has 1 spiro atoms. The van der Waals surface area contributed by atoms with Crippen molar-refractivity contribution in [2.24, 2.45) is 11.8 Å². The van der Waals surface area contributed by atoms with Crippen LogP contribution in [0.25, 0.3) is 0 Å². The van der Waals surface area contributed by atoms with Crippen LogP contribution in [0.3, 0.4) is 0 Å². The van der Waals surface area contributed by atoms with E-state index in [1.807, 2.05) is 41.5 Å². The molecular formula is C29H47N3O5. The number of fused-ring (bicyclic) bond motifs is 1. The zero-order valence-corrected chi connectivity index (χ0v) is 23.7. The van der Waals surface area contributed by atoms with E-state index in [9.17, 15) is 19.5 Å². The molecule has 3 aliphatic heterocycles. The second kappa shape index (κ2) is 10.9. The first-order chi connectivity index (χ1) is 17.4. The first-order valence-electron chi connectivity index (χ1n) is 13.9. The fourth-order valence-corrected chi connectivity index (χ4v) is 7.00. The molecule has 6 atom stereocenters. The summed E-state index contributed by atoms with van der Waals surface area (Å²) >= 11 is 0. The van der Waals surface area contributed by atoms with Crippen molar-refractivity contribution < 1.29 is 24.2 Å². The van der Waals surface area contributed by atoms with Gasteiger partial charge < -0.3 is 24.5 Å². The van der Waals surface area contributed by atoms with Crippen molar-refractivity contribution in [2.45, 2.75) is 102 Å². The van der Waals surface area contributed by atoms with E-state index in [0.29, 0.717) is 45.3 Å². The number of carbonyl (C=O) groups excluding carboxylic acids is 3. The molecular weight excluding hydrogens is 470 g/mol. The van der Waals surface area contributed by atoms with Crippen LogP contribution in [0.1, 0.15) is 73.6 Å². The normalized spacial score (nSPS) is 31.3. The van der Waals surface area contributed by atoms with Crippen LogP contribution >= 0.6 is 0 Å². The third-order valence-electron chi connectivity index (χ3n) is 8.74. The van der Waals surface area contributed by atoms with E-state index in [1.165, 1.54) is 0 Å². The van der Waals surface area contributed by atoms with Gasteiger partial charge in [-0.1, -0.05) is 32.9 Å². The Balaban J connectivity index is 2.19. The Hall–Kier alpha value is -2.19. The molecule has 0 radical (unpaired) electrons. The molecule has 0 aromatic heterocycles. The Bertz CT molecular complexity index is 910. The summed E-state index contributed by atoms with van der Waals surface area (Å²) in [5, 5.41) is 10.3. The summed E-state index contributed by atoms with van der Waals surface area (Å²) < 4.78 is 6.88. The van der Waals surface area contributed by atoms with Gasteiger partial charge in [-0.25, -0.2) is 0 Å². The van der Waals surface area contributed by atoms with Crippen molar-refractivity contribution in [1.29, 1.82) is 0 Å². The topological polar surface area (TPSA) is 90.4 Å². The molecule has 8 heteroatoms. The van der Waals surface area contributed by atoms with E-state index in [1.54, 1.807) is 26.9 Å². The number of aliphatic hydroxyl groups is 1. The lowest BCUT2D eigenvalue weighted by Crippen LogP contribution is -2.61. The average molecular weight is 518 g/mol. The third-order valence-corrected chi connectivity index (χ3v) is 8.74. The summed E-state index contributed by atoms with van der Waals surface area (Å²) in [7, 11) is 0. The molecule has 2 bridgehead atoms. The highest BCUT2D eigenvalue weighted by molar-refractivity contribution is 5.99.